The third-order valence-corrected chi connectivity index (χ3v) is 9.90. The van der Waals surface area contributed by atoms with Crippen LogP contribution in [0.25, 0.3) is 0 Å². The molecular weight excluding hydrogens is 338 g/mol. The second kappa shape index (κ2) is 6.27. The van der Waals surface area contributed by atoms with Gasteiger partial charge < -0.3 is 20.0 Å². The number of hydrogen-bond acceptors (Lipinski definition) is 4. The van der Waals surface area contributed by atoms with Gasteiger partial charge >= 0.3 is 0 Å². The summed E-state index contributed by atoms with van der Waals surface area (Å²) in [5.41, 5.74) is 0.313. The SMILES string of the molecule is CC1([C@H]2CCC3C4CCC5(C=N)CC(O)CC[C@@H]5C4CC[C@@]32C)OCCO1. The van der Waals surface area contributed by atoms with Gasteiger partial charge in [-0.2, -0.15) is 0 Å². The van der Waals surface area contributed by atoms with E-state index in [4.69, 9.17) is 14.9 Å². The summed E-state index contributed by atoms with van der Waals surface area (Å²) in [4.78, 5) is 0. The van der Waals surface area contributed by atoms with E-state index in [1.54, 1.807) is 6.21 Å². The Morgan fingerprint density at radius 2 is 1.56 bits per heavy atom. The lowest BCUT2D eigenvalue weighted by Crippen LogP contribution is -2.55. The zero-order valence-electron chi connectivity index (χ0n) is 17.1. The Balaban J connectivity index is 1.42. The minimum absolute atomic E-state index is 0.0196. The summed E-state index contributed by atoms with van der Waals surface area (Å²) in [6.45, 7) is 6.21. The van der Waals surface area contributed by atoms with E-state index in [-0.39, 0.29) is 17.3 Å². The molecule has 1 saturated heterocycles. The molecule has 4 nitrogen and oxygen atoms in total. The van der Waals surface area contributed by atoms with E-state index < -0.39 is 0 Å². The minimum Gasteiger partial charge on any atom is -0.393 e. The van der Waals surface area contributed by atoms with E-state index in [0.29, 0.717) is 17.3 Å². The van der Waals surface area contributed by atoms with Crippen LogP contribution in [-0.4, -0.2) is 36.4 Å². The third-order valence-electron chi connectivity index (χ3n) is 9.90. The number of nitrogens with one attached hydrogen (secondary N) is 1. The molecular formula is C23H37NO3. The standard InChI is InChI=1S/C23H37NO3/c1-21-9-7-17-16(8-10-23(14-24)13-15(25)3-4-19(17)23)18(21)5-6-20(21)22(2)26-11-12-27-22/h14-20,24-25H,3-13H2,1-2H3/t15?,16?,17?,18?,19-,20+,21+,23?/m1/s1. The van der Waals surface area contributed by atoms with Crippen molar-refractivity contribution in [3.05, 3.63) is 0 Å². The highest BCUT2D eigenvalue weighted by molar-refractivity contribution is 5.63. The van der Waals surface area contributed by atoms with Gasteiger partial charge in [-0.25, -0.2) is 0 Å². The first-order valence-electron chi connectivity index (χ1n) is 11.4. The van der Waals surface area contributed by atoms with Crippen LogP contribution in [0.4, 0.5) is 0 Å². The predicted molar refractivity (Wildman–Crippen MR) is 105 cm³/mol. The predicted octanol–water partition coefficient (Wildman–Crippen LogP) is 4.40. The van der Waals surface area contributed by atoms with Crippen molar-refractivity contribution in [2.75, 3.05) is 13.2 Å². The third kappa shape index (κ3) is 2.55. The molecule has 0 aromatic carbocycles. The molecule has 0 aromatic heterocycles. The molecule has 0 amide bonds. The fourth-order valence-corrected chi connectivity index (χ4v) is 8.78. The van der Waals surface area contributed by atoms with Crippen LogP contribution >= 0.6 is 0 Å². The van der Waals surface area contributed by atoms with Gasteiger partial charge in [0.25, 0.3) is 0 Å². The molecule has 0 radical (unpaired) electrons. The van der Waals surface area contributed by atoms with Gasteiger partial charge in [0.15, 0.2) is 5.79 Å². The summed E-state index contributed by atoms with van der Waals surface area (Å²) in [5, 5.41) is 18.5. The summed E-state index contributed by atoms with van der Waals surface area (Å²) in [6, 6.07) is 0. The van der Waals surface area contributed by atoms with E-state index in [9.17, 15) is 5.11 Å². The lowest BCUT2D eigenvalue weighted by Gasteiger charge is -2.60. The molecule has 4 aliphatic carbocycles. The Bertz CT molecular complexity index is 602. The average Bonchev–Trinajstić information content (AvgIpc) is 3.25. The Morgan fingerprint density at radius 1 is 0.889 bits per heavy atom. The summed E-state index contributed by atoms with van der Waals surface area (Å²) < 4.78 is 12.3. The molecule has 152 valence electrons. The Labute approximate surface area is 163 Å². The molecule has 5 unspecified atom stereocenters. The Morgan fingerprint density at radius 3 is 2.30 bits per heavy atom. The summed E-state index contributed by atoms with van der Waals surface area (Å²) in [5.74, 6) is 3.09. The van der Waals surface area contributed by atoms with Crippen LogP contribution in [0.2, 0.25) is 0 Å². The van der Waals surface area contributed by atoms with Gasteiger partial charge in [-0.15, -0.1) is 0 Å². The highest BCUT2D eigenvalue weighted by Crippen LogP contribution is 2.68. The molecule has 5 fully saturated rings. The number of ether oxygens (including phenoxy) is 2. The van der Waals surface area contributed by atoms with Crippen molar-refractivity contribution in [2.24, 2.45) is 40.4 Å². The van der Waals surface area contributed by atoms with Gasteiger partial charge in [0.2, 0.25) is 0 Å². The molecule has 0 bridgehead atoms. The molecule has 4 heteroatoms. The van der Waals surface area contributed by atoms with Crippen molar-refractivity contribution >= 4 is 6.21 Å². The summed E-state index contributed by atoms with van der Waals surface area (Å²) in [6.07, 6.45) is 11.9. The van der Waals surface area contributed by atoms with Crippen molar-refractivity contribution in [1.82, 2.24) is 0 Å². The fourth-order valence-electron chi connectivity index (χ4n) is 8.78. The maximum atomic E-state index is 10.3. The second-order valence-corrected chi connectivity index (χ2v) is 10.8. The van der Waals surface area contributed by atoms with E-state index in [0.717, 1.165) is 56.7 Å². The Kier molecular flexibility index (Phi) is 4.31. The van der Waals surface area contributed by atoms with Crippen LogP contribution in [0.5, 0.6) is 0 Å². The highest BCUT2D eigenvalue weighted by Gasteiger charge is 2.63. The smallest absolute Gasteiger partial charge is 0.169 e. The molecule has 2 N–H and O–H groups in total. The maximum absolute atomic E-state index is 10.3. The average molecular weight is 376 g/mol. The maximum Gasteiger partial charge on any atom is 0.169 e. The van der Waals surface area contributed by atoms with Gasteiger partial charge in [0, 0.05) is 17.5 Å². The first-order chi connectivity index (χ1) is 12.9. The van der Waals surface area contributed by atoms with E-state index in [1.807, 2.05) is 0 Å². The topological polar surface area (TPSA) is 62.5 Å². The number of aliphatic hydroxyl groups is 1. The van der Waals surface area contributed by atoms with E-state index in [2.05, 4.69) is 13.8 Å². The highest BCUT2D eigenvalue weighted by atomic mass is 16.7. The van der Waals surface area contributed by atoms with Crippen LogP contribution in [0.15, 0.2) is 0 Å². The lowest BCUT2D eigenvalue weighted by atomic mass is 9.45. The van der Waals surface area contributed by atoms with Gasteiger partial charge in [-0.05, 0) is 93.8 Å². The van der Waals surface area contributed by atoms with Crippen molar-refractivity contribution in [2.45, 2.75) is 83.5 Å². The van der Waals surface area contributed by atoms with Crippen molar-refractivity contribution < 1.29 is 14.6 Å². The minimum atomic E-state index is -0.376. The molecule has 0 aromatic rings. The molecule has 1 aliphatic heterocycles. The van der Waals surface area contributed by atoms with Crippen LogP contribution in [-0.2, 0) is 9.47 Å². The molecule has 0 spiro atoms. The largest absolute Gasteiger partial charge is 0.393 e. The van der Waals surface area contributed by atoms with Crippen LogP contribution in [0, 0.1) is 45.8 Å². The molecule has 1 heterocycles. The summed E-state index contributed by atoms with van der Waals surface area (Å²) in [7, 11) is 0. The normalized spacial score (nSPS) is 54.0. The molecule has 4 saturated carbocycles. The fraction of sp³-hybridized carbons (Fsp3) is 0.957. The monoisotopic (exact) mass is 375 g/mol. The van der Waals surface area contributed by atoms with Gasteiger partial charge in [-0.1, -0.05) is 6.92 Å². The van der Waals surface area contributed by atoms with Crippen molar-refractivity contribution in [3.8, 4) is 0 Å². The van der Waals surface area contributed by atoms with Crippen LogP contribution in [0.1, 0.15) is 71.6 Å². The van der Waals surface area contributed by atoms with Crippen LogP contribution < -0.4 is 0 Å². The molecule has 5 rings (SSSR count). The number of fused-ring (bicyclic) bond motifs is 5. The van der Waals surface area contributed by atoms with Gasteiger partial charge in [-0.3, -0.25) is 0 Å². The van der Waals surface area contributed by atoms with E-state index >= 15 is 0 Å². The Hall–Kier alpha value is -0.450. The van der Waals surface area contributed by atoms with Gasteiger partial charge in [0.1, 0.15) is 0 Å². The van der Waals surface area contributed by atoms with E-state index in [1.165, 1.54) is 32.1 Å². The summed E-state index contributed by atoms with van der Waals surface area (Å²) >= 11 is 0. The number of rotatable bonds is 2. The molecule has 27 heavy (non-hydrogen) atoms. The zero-order valence-corrected chi connectivity index (χ0v) is 17.1. The first-order valence-corrected chi connectivity index (χ1v) is 11.4. The van der Waals surface area contributed by atoms with Crippen LogP contribution in [0.3, 0.4) is 0 Å². The number of hydrogen-bond donors (Lipinski definition) is 2. The first kappa shape index (κ1) is 18.6. The molecule has 5 aliphatic rings. The van der Waals surface area contributed by atoms with Gasteiger partial charge in [0.05, 0.1) is 19.3 Å². The van der Waals surface area contributed by atoms with Crippen molar-refractivity contribution in [3.63, 3.8) is 0 Å². The van der Waals surface area contributed by atoms with Crippen molar-refractivity contribution in [1.29, 1.82) is 5.41 Å². The quantitative estimate of drug-likeness (QED) is 0.703. The number of aliphatic hydroxyl groups excluding tert-OH is 1. The second-order valence-electron chi connectivity index (χ2n) is 10.8. The lowest BCUT2D eigenvalue weighted by molar-refractivity contribution is -0.216. The zero-order chi connectivity index (χ0) is 18.9. The molecule has 8 atom stereocenters.